The number of aromatic nitrogens is 4. The van der Waals surface area contributed by atoms with E-state index in [1.54, 1.807) is 25.2 Å². The Morgan fingerprint density at radius 3 is 2.50 bits per heavy atom. The van der Waals surface area contributed by atoms with Crippen LogP contribution in [0.3, 0.4) is 0 Å². The fourth-order valence-corrected chi connectivity index (χ4v) is 2.66. The Hall–Kier alpha value is -2.54. The third kappa shape index (κ3) is 1.86. The summed E-state index contributed by atoms with van der Waals surface area (Å²) in [6.07, 6.45) is 0. The van der Waals surface area contributed by atoms with E-state index in [0.717, 1.165) is 4.57 Å². The lowest BCUT2D eigenvalue weighted by atomic mass is 10.3. The van der Waals surface area contributed by atoms with Gasteiger partial charge in [0.15, 0.2) is 11.2 Å². The van der Waals surface area contributed by atoms with Crippen LogP contribution in [0, 0.1) is 0 Å². The molecule has 0 saturated carbocycles. The van der Waals surface area contributed by atoms with Gasteiger partial charge in [-0.05, 0) is 23.7 Å². The molecule has 0 bridgehead atoms. The zero-order valence-corrected chi connectivity index (χ0v) is 13.0. The fraction of sp³-hybridized carbons (Fsp3) is 0.214. The summed E-state index contributed by atoms with van der Waals surface area (Å²) >= 11 is 6.21. The Morgan fingerprint density at radius 1 is 1.14 bits per heavy atom. The molecule has 0 aliphatic rings. The number of ether oxygens (including phenoxy) is 1. The van der Waals surface area contributed by atoms with Crippen LogP contribution < -0.4 is 16.0 Å². The lowest BCUT2D eigenvalue weighted by Gasteiger charge is -2.11. The van der Waals surface area contributed by atoms with E-state index in [4.69, 9.17) is 16.3 Å². The van der Waals surface area contributed by atoms with E-state index in [0.29, 0.717) is 11.4 Å². The van der Waals surface area contributed by atoms with Crippen molar-refractivity contribution in [3.63, 3.8) is 0 Å². The van der Waals surface area contributed by atoms with Crippen LogP contribution in [0.15, 0.2) is 33.9 Å². The van der Waals surface area contributed by atoms with Crippen LogP contribution in [0.2, 0.25) is 5.28 Å². The van der Waals surface area contributed by atoms with E-state index in [9.17, 15) is 9.59 Å². The molecular weight excluding hydrogens is 308 g/mol. The van der Waals surface area contributed by atoms with Crippen molar-refractivity contribution in [2.45, 2.75) is 0 Å². The number of aryl methyl sites for hydroxylation is 1. The van der Waals surface area contributed by atoms with Crippen molar-refractivity contribution in [1.82, 2.24) is 18.7 Å². The zero-order chi connectivity index (χ0) is 16.0. The van der Waals surface area contributed by atoms with E-state index in [1.165, 1.54) is 23.3 Å². The lowest BCUT2D eigenvalue weighted by Crippen LogP contribution is -2.37. The highest BCUT2D eigenvalue weighted by Crippen LogP contribution is 2.28. The summed E-state index contributed by atoms with van der Waals surface area (Å²) in [6.45, 7) is 0. The first-order valence-electron chi connectivity index (χ1n) is 6.44. The topological polar surface area (TPSA) is 71.1 Å². The highest BCUT2D eigenvalue weighted by atomic mass is 35.5. The van der Waals surface area contributed by atoms with Crippen LogP contribution in [0.1, 0.15) is 0 Å². The van der Waals surface area contributed by atoms with Gasteiger partial charge in [0.2, 0.25) is 5.28 Å². The van der Waals surface area contributed by atoms with Gasteiger partial charge in [0.05, 0.1) is 12.8 Å². The smallest absolute Gasteiger partial charge is 0.332 e. The van der Waals surface area contributed by atoms with Gasteiger partial charge >= 0.3 is 5.69 Å². The number of methoxy groups -OCH3 is 1. The maximum atomic E-state index is 12.5. The number of rotatable bonds is 2. The fourth-order valence-electron chi connectivity index (χ4n) is 2.40. The summed E-state index contributed by atoms with van der Waals surface area (Å²) in [5.41, 5.74) is 0.0959. The second-order valence-corrected chi connectivity index (χ2v) is 5.10. The largest absolute Gasteiger partial charge is 0.495 e. The van der Waals surface area contributed by atoms with Crippen molar-refractivity contribution in [1.29, 1.82) is 0 Å². The van der Waals surface area contributed by atoms with Gasteiger partial charge in [0, 0.05) is 14.1 Å². The molecule has 0 saturated heterocycles. The van der Waals surface area contributed by atoms with Crippen molar-refractivity contribution in [2.24, 2.45) is 14.1 Å². The Balaban J connectivity index is 2.54. The normalized spacial score (nSPS) is 11.1. The van der Waals surface area contributed by atoms with Crippen molar-refractivity contribution in [3.05, 3.63) is 50.4 Å². The third-order valence-electron chi connectivity index (χ3n) is 3.54. The SMILES string of the molecule is COc1ccccc1-n1c(Cl)nc2c1c(=O)n(C)c(=O)n2C. The first-order chi connectivity index (χ1) is 10.5. The molecule has 114 valence electrons. The predicted molar refractivity (Wildman–Crippen MR) is 83.1 cm³/mol. The Morgan fingerprint density at radius 2 is 1.82 bits per heavy atom. The molecule has 2 heterocycles. The van der Waals surface area contributed by atoms with Gasteiger partial charge in [-0.15, -0.1) is 0 Å². The summed E-state index contributed by atoms with van der Waals surface area (Å²) in [4.78, 5) is 28.6. The molecule has 2 aromatic heterocycles. The molecule has 7 nitrogen and oxygen atoms in total. The van der Waals surface area contributed by atoms with Crippen LogP contribution in [-0.4, -0.2) is 25.8 Å². The number of nitrogens with zero attached hydrogens (tertiary/aromatic N) is 4. The quantitative estimate of drug-likeness (QED) is 0.663. The number of para-hydroxylation sites is 2. The summed E-state index contributed by atoms with van der Waals surface area (Å²) in [5.74, 6) is 0.541. The molecule has 3 rings (SSSR count). The molecule has 8 heteroatoms. The molecule has 0 amide bonds. The van der Waals surface area contributed by atoms with E-state index in [-0.39, 0.29) is 16.4 Å². The minimum Gasteiger partial charge on any atom is -0.495 e. The number of hydrogen-bond donors (Lipinski definition) is 0. The average molecular weight is 321 g/mol. The van der Waals surface area contributed by atoms with Gasteiger partial charge in [0.1, 0.15) is 5.75 Å². The molecule has 1 aromatic carbocycles. The van der Waals surface area contributed by atoms with E-state index in [1.807, 2.05) is 6.07 Å². The molecule has 0 radical (unpaired) electrons. The van der Waals surface area contributed by atoms with Crippen LogP contribution in [-0.2, 0) is 14.1 Å². The first-order valence-corrected chi connectivity index (χ1v) is 6.82. The highest BCUT2D eigenvalue weighted by Gasteiger charge is 2.20. The standard InChI is InChI=1S/C14H13ClN4O3/c1-17-11-10(12(20)18(2)14(17)21)19(13(15)16-11)8-6-4-5-7-9(8)22-3/h4-7H,1-3H3. The van der Waals surface area contributed by atoms with E-state index >= 15 is 0 Å². The van der Waals surface area contributed by atoms with Gasteiger partial charge in [0.25, 0.3) is 5.56 Å². The van der Waals surface area contributed by atoms with Gasteiger partial charge < -0.3 is 4.74 Å². The monoisotopic (exact) mass is 320 g/mol. The van der Waals surface area contributed by atoms with Gasteiger partial charge in [-0.2, -0.15) is 4.98 Å². The van der Waals surface area contributed by atoms with Crippen molar-refractivity contribution < 1.29 is 4.74 Å². The Labute approximate surface area is 130 Å². The van der Waals surface area contributed by atoms with Gasteiger partial charge in [-0.3, -0.25) is 18.5 Å². The maximum Gasteiger partial charge on any atom is 0.332 e. The van der Waals surface area contributed by atoms with Crippen LogP contribution in [0.25, 0.3) is 16.9 Å². The molecule has 3 aromatic rings. The summed E-state index contributed by atoms with van der Waals surface area (Å²) in [7, 11) is 4.48. The molecule has 0 aliphatic carbocycles. The molecule has 0 N–H and O–H groups in total. The molecular formula is C14H13ClN4O3. The first kappa shape index (κ1) is 14.4. The van der Waals surface area contributed by atoms with Crippen molar-refractivity contribution in [3.8, 4) is 11.4 Å². The van der Waals surface area contributed by atoms with Gasteiger partial charge in [-0.1, -0.05) is 12.1 Å². The minimum atomic E-state index is -0.469. The maximum absolute atomic E-state index is 12.5. The lowest BCUT2D eigenvalue weighted by molar-refractivity contribution is 0.413. The summed E-state index contributed by atoms with van der Waals surface area (Å²) in [6, 6.07) is 7.12. The molecule has 0 atom stereocenters. The number of fused-ring (bicyclic) bond motifs is 1. The predicted octanol–water partition coefficient (Wildman–Crippen LogP) is 1.08. The van der Waals surface area contributed by atoms with E-state index in [2.05, 4.69) is 4.98 Å². The second-order valence-electron chi connectivity index (χ2n) is 4.77. The van der Waals surface area contributed by atoms with Crippen LogP contribution in [0.5, 0.6) is 5.75 Å². The molecule has 22 heavy (non-hydrogen) atoms. The van der Waals surface area contributed by atoms with Crippen LogP contribution >= 0.6 is 11.6 Å². The van der Waals surface area contributed by atoms with Gasteiger partial charge in [-0.25, -0.2) is 4.79 Å². The summed E-state index contributed by atoms with van der Waals surface area (Å²) < 4.78 is 9.10. The Bertz CT molecular complexity index is 1000. The third-order valence-corrected chi connectivity index (χ3v) is 3.80. The van der Waals surface area contributed by atoms with Crippen molar-refractivity contribution >= 4 is 22.8 Å². The average Bonchev–Trinajstić information content (AvgIpc) is 2.88. The number of halogens is 1. The molecule has 0 unspecified atom stereocenters. The molecule has 0 aliphatic heterocycles. The van der Waals surface area contributed by atoms with E-state index < -0.39 is 11.2 Å². The zero-order valence-electron chi connectivity index (χ0n) is 12.2. The molecule has 0 fully saturated rings. The minimum absolute atomic E-state index is 0.0813. The van der Waals surface area contributed by atoms with Crippen LogP contribution in [0.4, 0.5) is 0 Å². The number of hydrogen-bond acceptors (Lipinski definition) is 4. The molecule has 0 spiro atoms. The second kappa shape index (κ2) is 5.03. The number of benzene rings is 1. The number of imidazole rings is 1. The highest BCUT2D eigenvalue weighted by molar-refractivity contribution is 6.29. The Kier molecular flexibility index (Phi) is 3.29. The summed E-state index contributed by atoms with van der Waals surface area (Å²) in [5, 5.41) is 0.0813. The van der Waals surface area contributed by atoms with Crippen molar-refractivity contribution in [2.75, 3.05) is 7.11 Å².